The highest BCUT2D eigenvalue weighted by Gasteiger charge is 2.21. The molecule has 0 aliphatic rings. The Labute approximate surface area is 155 Å². The highest BCUT2D eigenvalue weighted by molar-refractivity contribution is 5.99. The maximum atomic E-state index is 12.7. The number of nitrogens with zero attached hydrogens (tertiary/aromatic N) is 2. The molecule has 0 spiro atoms. The van der Waals surface area contributed by atoms with Crippen LogP contribution in [0.2, 0.25) is 0 Å². The zero-order chi connectivity index (χ0) is 19.2. The largest absolute Gasteiger partial charge is 0.495 e. The van der Waals surface area contributed by atoms with E-state index in [1.165, 1.54) is 0 Å². The Bertz CT molecular complexity index is 744. The SMILES string of the molecule is COc1ccccc1Nc1ncccc1C(=O)NCC(C)(C)CN(C)C. The lowest BCUT2D eigenvalue weighted by atomic mass is 9.93. The summed E-state index contributed by atoms with van der Waals surface area (Å²) >= 11 is 0. The smallest absolute Gasteiger partial charge is 0.255 e. The van der Waals surface area contributed by atoms with E-state index in [0.29, 0.717) is 23.7 Å². The van der Waals surface area contributed by atoms with Crippen LogP contribution in [0.3, 0.4) is 0 Å². The van der Waals surface area contributed by atoms with Gasteiger partial charge in [-0.3, -0.25) is 4.79 Å². The molecule has 1 aromatic carbocycles. The van der Waals surface area contributed by atoms with Gasteiger partial charge in [-0.25, -0.2) is 4.98 Å². The number of hydrogen-bond acceptors (Lipinski definition) is 5. The molecule has 0 unspecified atom stereocenters. The van der Waals surface area contributed by atoms with Crippen LogP contribution in [-0.2, 0) is 0 Å². The van der Waals surface area contributed by atoms with Crippen molar-refractivity contribution in [3.05, 3.63) is 48.2 Å². The molecular formula is C20H28N4O2. The van der Waals surface area contributed by atoms with Crippen molar-refractivity contribution in [2.75, 3.05) is 39.6 Å². The first-order valence-electron chi connectivity index (χ1n) is 8.60. The van der Waals surface area contributed by atoms with E-state index >= 15 is 0 Å². The summed E-state index contributed by atoms with van der Waals surface area (Å²) in [5.74, 6) is 1.04. The molecule has 2 rings (SSSR count). The number of aromatic nitrogens is 1. The Balaban J connectivity index is 2.14. The van der Waals surface area contributed by atoms with E-state index in [0.717, 1.165) is 12.2 Å². The number of rotatable bonds is 8. The van der Waals surface area contributed by atoms with Crippen LogP contribution in [0, 0.1) is 5.41 Å². The molecule has 6 nitrogen and oxygen atoms in total. The second kappa shape index (κ2) is 8.67. The van der Waals surface area contributed by atoms with Gasteiger partial charge in [-0.15, -0.1) is 0 Å². The highest BCUT2D eigenvalue weighted by Crippen LogP contribution is 2.27. The van der Waals surface area contributed by atoms with Crippen LogP contribution >= 0.6 is 0 Å². The molecular weight excluding hydrogens is 328 g/mol. The van der Waals surface area contributed by atoms with Crippen LogP contribution in [0.4, 0.5) is 11.5 Å². The number of amides is 1. The quantitative estimate of drug-likeness (QED) is 0.761. The fraction of sp³-hybridized carbons (Fsp3) is 0.400. The van der Waals surface area contributed by atoms with Crippen molar-refractivity contribution in [1.82, 2.24) is 15.2 Å². The summed E-state index contributed by atoms with van der Waals surface area (Å²) in [7, 11) is 5.67. The van der Waals surface area contributed by atoms with Gasteiger partial charge in [0.2, 0.25) is 0 Å². The van der Waals surface area contributed by atoms with E-state index in [1.807, 2.05) is 38.4 Å². The van der Waals surface area contributed by atoms with Gasteiger partial charge < -0.3 is 20.3 Å². The molecule has 0 bridgehead atoms. The molecule has 1 aromatic heterocycles. The van der Waals surface area contributed by atoms with Gasteiger partial charge in [0.1, 0.15) is 11.6 Å². The molecule has 140 valence electrons. The highest BCUT2D eigenvalue weighted by atomic mass is 16.5. The predicted octanol–water partition coefficient (Wildman–Crippen LogP) is 3.15. The zero-order valence-electron chi connectivity index (χ0n) is 16.2. The van der Waals surface area contributed by atoms with Crippen LogP contribution in [0.25, 0.3) is 0 Å². The fourth-order valence-corrected chi connectivity index (χ4v) is 2.89. The van der Waals surface area contributed by atoms with Crippen LogP contribution in [0.15, 0.2) is 42.6 Å². The monoisotopic (exact) mass is 356 g/mol. The van der Waals surface area contributed by atoms with E-state index in [2.05, 4.69) is 34.4 Å². The van der Waals surface area contributed by atoms with Crippen molar-refractivity contribution in [1.29, 1.82) is 0 Å². The third-order valence-corrected chi connectivity index (χ3v) is 3.88. The summed E-state index contributed by atoms with van der Waals surface area (Å²) in [6.07, 6.45) is 1.66. The summed E-state index contributed by atoms with van der Waals surface area (Å²) in [4.78, 5) is 19.2. The minimum Gasteiger partial charge on any atom is -0.495 e. The molecule has 2 N–H and O–H groups in total. The van der Waals surface area contributed by atoms with Gasteiger partial charge in [-0.05, 0) is 43.8 Å². The first kappa shape index (κ1) is 19.7. The van der Waals surface area contributed by atoms with Gasteiger partial charge in [0.05, 0.1) is 18.4 Å². The molecule has 26 heavy (non-hydrogen) atoms. The average molecular weight is 356 g/mol. The van der Waals surface area contributed by atoms with Crippen molar-refractivity contribution in [3.63, 3.8) is 0 Å². The van der Waals surface area contributed by atoms with Crippen molar-refractivity contribution in [2.45, 2.75) is 13.8 Å². The standard InChI is InChI=1S/C20H28N4O2/c1-20(2,14-24(3)4)13-22-19(25)15-9-8-12-21-18(15)23-16-10-6-7-11-17(16)26-5/h6-12H,13-14H2,1-5H3,(H,21,23)(H,22,25). The lowest BCUT2D eigenvalue weighted by Gasteiger charge is -2.28. The fourth-order valence-electron chi connectivity index (χ4n) is 2.89. The van der Waals surface area contributed by atoms with E-state index in [-0.39, 0.29) is 11.3 Å². The van der Waals surface area contributed by atoms with Gasteiger partial charge in [-0.2, -0.15) is 0 Å². The van der Waals surface area contributed by atoms with Gasteiger partial charge >= 0.3 is 0 Å². The molecule has 0 atom stereocenters. The molecule has 0 saturated carbocycles. The Hall–Kier alpha value is -2.60. The lowest BCUT2D eigenvalue weighted by molar-refractivity contribution is 0.0930. The Morgan fingerprint density at radius 2 is 1.92 bits per heavy atom. The number of ether oxygens (including phenoxy) is 1. The Kier molecular flexibility index (Phi) is 6.58. The number of para-hydroxylation sites is 2. The molecule has 1 amide bonds. The number of carbonyl (C=O) groups is 1. The number of anilines is 2. The molecule has 1 heterocycles. The normalized spacial score (nSPS) is 11.3. The Morgan fingerprint density at radius 3 is 2.62 bits per heavy atom. The maximum absolute atomic E-state index is 12.7. The van der Waals surface area contributed by atoms with E-state index in [9.17, 15) is 4.79 Å². The van der Waals surface area contributed by atoms with Crippen molar-refractivity contribution >= 4 is 17.4 Å². The summed E-state index contributed by atoms with van der Waals surface area (Å²) in [6, 6.07) is 11.1. The van der Waals surface area contributed by atoms with Crippen LogP contribution in [0.5, 0.6) is 5.75 Å². The Morgan fingerprint density at radius 1 is 1.19 bits per heavy atom. The van der Waals surface area contributed by atoms with Gasteiger partial charge in [0.15, 0.2) is 0 Å². The predicted molar refractivity (Wildman–Crippen MR) is 105 cm³/mol. The van der Waals surface area contributed by atoms with Crippen molar-refractivity contribution in [3.8, 4) is 5.75 Å². The first-order valence-corrected chi connectivity index (χ1v) is 8.60. The van der Waals surface area contributed by atoms with Crippen LogP contribution in [-0.4, -0.2) is 50.1 Å². The zero-order valence-corrected chi connectivity index (χ0v) is 16.2. The van der Waals surface area contributed by atoms with Gasteiger partial charge in [0.25, 0.3) is 5.91 Å². The first-order chi connectivity index (χ1) is 12.3. The van der Waals surface area contributed by atoms with E-state index < -0.39 is 0 Å². The van der Waals surface area contributed by atoms with Crippen LogP contribution < -0.4 is 15.4 Å². The minimum atomic E-state index is -0.151. The maximum Gasteiger partial charge on any atom is 0.255 e. The second-order valence-electron chi connectivity index (χ2n) is 7.31. The van der Waals surface area contributed by atoms with Gasteiger partial charge in [-0.1, -0.05) is 26.0 Å². The molecule has 0 saturated heterocycles. The third kappa shape index (κ3) is 5.46. The summed E-state index contributed by atoms with van der Waals surface area (Å²) in [5, 5.41) is 6.22. The van der Waals surface area contributed by atoms with E-state index in [4.69, 9.17) is 4.74 Å². The molecule has 0 fully saturated rings. The molecule has 0 radical (unpaired) electrons. The van der Waals surface area contributed by atoms with E-state index in [1.54, 1.807) is 25.4 Å². The molecule has 6 heteroatoms. The minimum absolute atomic E-state index is 0.0301. The summed E-state index contributed by atoms with van der Waals surface area (Å²) in [6.45, 7) is 5.72. The number of hydrogen-bond donors (Lipinski definition) is 2. The molecule has 0 aliphatic carbocycles. The second-order valence-corrected chi connectivity index (χ2v) is 7.31. The number of carbonyl (C=O) groups excluding carboxylic acids is 1. The molecule has 0 aliphatic heterocycles. The topological polar surface area (TPSA) is 66.5 Å². The van der Waals surface area contributed by atoms with Crippen LogP contribution in [0.1, 0.15) is 24.2 Å². The number of nitrogens with one attached hydrogen (secondary N) is 2. The van der Waals surface area contributed by atoms with Crippen molar-refractivity contribution < 1.29 is 9.53 Å². The summed E-state index contributed by atoms with van der Waals surface area (Å²) < 4.78 is 5.35. The number of pyridine rings is 1. The number of benzene rings is 1. The third-order valence-electron chi connectivity index (χ3n) is 3.88. The average Bonchev–Trinajstić information content (AvgIpc) is 2.59. The summed E-state index contributed by atoms with van der Waals surface area (Å²) in [5.41, 5.74) is 1.23. The number of methoxy groups -OCH3 is 1. The lowest BCUT2D eigenvalue weighted by Crippen LogP contribution is -2.40. The van der Waals surface area contributed by atoms with Crippen molar-refractivity contribution in [2.24, 2.45) is 5.41 Å². The molecule has 2 aromatic rings. The van der Waals surface area contributed by atoms with Gasteiger partial charge in [0, 0.05) is 19.3 Å².